The molecule has 0 bridgehead atoms. The molecule has 0 radical (unpaired) electrons. The van der Waals surface area contributed by atoms with E-state index in [1.54, 1.807) is 0 Å². The van der Waals surface area contributed by atoms with E-state index in [2.05, 4.69) is 10.3 Å². The Hall–Kier alpha value is -0.890. The third kappa shape index (κ3) is 0.933. The van der Waals surface area contributed by atoms with Crippen molar-refractivity contribution in [3.05, 3.63) is 30.1 Å². The fourth-order valence-electron chi connectivity index (χ4n) is 0.890. The molecule has 46 valence electrons. The van der Waals surface area contributed by atoms with E-state index in [-0.39, 0.29) is 0 Å². The molecule has 1 aliphatic rings. The van der Waals surface area contributed by atoms with Gasteiger partial charge < -0.3 is 5.32 Å². The summed E-state index contributed by atoms with van der Waals surface area (Å²) >= 11 is 0. The van der Waals surface area contributed by atoms with Crippen molar-refractivity contribution >= 4 is 0 Å². The van der Waals surface area contributed by atoms with Crippen molar-refractivity contribution in [1.82, 2.24) is 10.3 Å². The second-order valence-electron chi connectivity index (χ2n) is 2.24. The summed E-state index contributed by atoms with van der Waals surface area (Å²) in [5.41, 5.74) is 1.35. The Kier molecular flexibility index (Phi) is 0.993. The molecule has 1 saturated heterocycles. The second kappa shape index (κ2) is 1.81. The van der Waals surface area contributed by atoms with Crippen LogP contribution in [0.3, 0.4) is 0 Å². The first-order valence-corrected chi connectivity index (χ1v) is 3.10. The second-order valence-corrected chi connectivity index (χ2v) is 2.24. The van der Waals surface area contributed by atoms with Gasteiger partial charge in [-0.3, -0.25) is 4.98 Å². The van der Waals surface area contributed by atoms with Crippen LogP contribution in [0.25, 0.3) is 0 Å². The summed E-state index contributed by atoms with van der Waals surface area (Å²) in [6.45, 7) is 1.13. The van der Waals surface area contributed by atoms with Gasteiger partial charge in [-0.05, 0) is 17.7 Å². The van der Waals surface area contributed by atoms with Crippen molar-refractivity contribution in [1.29, 1.82) is 0 Å². The highest BCUT2D eigenvalue weighted by molar-refractivity contribution is 5.19. The van der Waals surface area contributed by atoms with Gasteiger partial charge in [0.25, 0.3) is 0 Å². The van der Waals surface area contributed by atoms with E-state index < -0.39 is 0 Å². The Morgan fingerprint density at radius 1 is 1.44 bits per heavy atom. The van der Waals surface area contributed by atoms with Gasteiger partial charge in [-0.25, -0.2) is 0 Å². The fourth-order valence-corrected chi connectivity index (χ4v) is 0.890. The van der Waals surface area contributed by atoms with Crippen LogP contribution in [0.5, 0.6) is 0 Å². The minimum Gasteiger partial charge on any atom is -0.307 e. The van der Waals surface area contributed by atoms with Crippen LogP contribution in [0.1, 0.15) is 11.6 Å². The third-order valence-corrected chi connectivity index (χ3v) is 1.52. The summed E-state index contributed by atoms with van der Waals surface area (Å²) in [7, 11) is 0. The monoisotopic (exact) mass is 120 g/mol. The number of aromatic nitrogens is 1. The van der Waals surface area contributed by atoms with Crippen LogP contribution < -0.4 is 5.32 Å². The largest absolute Gasteiger partial charge is 0.307 e. The number of hydrogen-bond acceptors (Lipinski definition) is 2. The Labute approximate surface area is 53.9 Å². The van der Waals surface area contributed by atoms with E-state index in [0.29, 0.717) is 6.04 Å². The molecular weight excluding hydrogens is 112 g/mol. The lowest BCUT2D eigenvalue weighted by Gasteiger charge is -1.90. The highest BCUT2D eigenvalue weighted by Gasteiger charge is 2.21. The van der Waals surface area contributed by atoms with Crippen molar-refractivity contribution in [2.45, 2.75) is 6.04 Å². The molecule has 1 unspecified atom stereocenters. The lowest BCUT2D eigenvalue weighted by Crippen LogP contribution is -1.82. The highest BCUT2D eigenvalue weighted by atomic mass is 15.1. The molecular formula is C7H8N2. The molecule has 1 atom stereocenters. The zero-order valence-electron chi connectivity index (χ0n) is 5.04. The average Bonchev–Trinajstić information content (AvgIpc) is 2.71. The average molecular weight is 120 g/mol. The van der Waals surface area contributed by atoms with E-state index in [4.69, 9.17) is 0 Å². The van der Waals surface area contributed by atoms with E-state index in [1.165, 1.54) is 5.56 Å². The van der Waals surface area contributed by atoms with Crippen LogP contribution in [0.15, 0.2) is 24.5 Å². The molecule has 9 heavy (non-hydrogen) atoms. The standard InChI is InChI=1S/C7H8N2/c1-3-8-4-2-6(1)7-5-9-7/h1-4,7,9H,5H2. The van der Waals surface area contributed by atoms with Gasteiger partial charge in [-0.1, -0.05) is 0 Å². The number of pyridine rings is 1. The summed E-state index contributed by atoms with van der Waals surface area (Å²) in [6.07, 6.45) is 3.66. The summed E-state index contributed by atoms with van der Waals surface area (Å²) < 4.78 is 0. The Balaban J connectivity index is 2.29. The molecule has 2 heterocycles. The van der Waals surface area contributed by atoms with E-state index in [0.717, 1.165) is 6.54 Å². The molecule has 0 amide bonds. The van der Waals surface area contributed by atoms with Gasteiger partial charge in [0.05, 0.1) is 0 Å². The lowest BCUT2D eigenvalue weighted by atomic mass is 10.2. The maximum absolute atomic E-state index is 3.93. The van der Waals surface area contributed by atoms with Crippen molar-refractivity contribution in [2.75, 3.05) is 6.54 Å². The van der Waals surface area contributed by atoms with Crippen LogP contribution in [-0.2, 0) is 0 Å². The zero-order chi connectivity index (χ0) is 6.10. The Morgan fingerprint density at radius 2 is 2.11 bits per heavy atom. The third-order valence-electron chi connectivity index (χ3n) is 1.52. The molecule has 0 saturated carbocycles. The first-order valence-electron chi connectivity index (χ1n) is 3.10. The van der Waals surface area contributed by atoms with Crippen molar-refractivity contribution in [2.24, 2.45) is 0 Å². The summed E-state index contributed by atoms with van der Waals surface area (Å²) in [4.78, 5) is 3.93. The minimum absolute atomic E-state index is 0.619. The predicted molar refractivity (Wildman–Crippen MR) is 35.0 cm³/mol. The topological polar surface area (TPSA) is 34.8 Å². The van der Waals surface area contributed by atoms with Gasteiger partial charge in [0.15, 0.2) is 0 Å². The van der Waals surface area contributed by atoms with Crippen LogP contribution in [0.2, 0.25) is 0 Å². The lowest BCUT2D eigenvalue weighted by molar-refractivity contribution is 1.06. The smallest absolute Gasteiger partial charge is 0.0448 e. The maximum Gasteiger partial charge on any atom is 0.0448 e. The van der Waals surface area contributed by atoms with Gasteiger partial charge in [-0.2, -0.15) is 0 Å². The van der Waals surface area contributed by atoms with Gasteiger partial charge in [0.2, 0.25) is 0 Å². The van der Waals surface area contributed by atoms with E-state index in [9.17, 15) is 0 Å². The fraction of sp³-hybridized carbons (Fsp3) is 0.286. The maximum atomic E-state index is 3.93. The number of rotatable bonds is 1. The number of hydrogen-bond donors (Lipinski definition) is 1. The normalized spacial score (nSPS) is 23.8. The number of nitrogens with zero attached hydrogens (tertiary/aromatic N) is 1. The van der Waals surface area contributed by atoms with E-state index >= 15 is 0 Å². The predicted octanol–water partition coefficient (Wildman–Crippen LogP) is 0.726. The molecule has 0 spiro atoms. The Bertz CT molecular complexity index is 191. The summed E-state index contributed by atoms with van der Waals surface area (Å²) in [5.74, 6) is 0. The summed E-state index contributed by atoms with van der Waals surface area (Å²) in [5, 5.41) is 3.22. The molecule has 0 aromatic carbocycles. The summed E-state index contributed by atoms with van der Waals surface area (Å²) in [6, 6.07) is 4.71. The molecule has 0 aliphatic carbocycles. The van der Waals surface area contributed by atoms with E-state index in [1.807, 2.05) is 24.5 Å². The highest BCUT2D eigenvalue weighted by Crippen LogP contribution is 2.19. The first-order chi connectivity index (χ1) is 4.47. The van der Waals surface area contributed by atoms with Crippen LogP contribution in [-0.4, -0.2) is 11.5 Å². The molecule has 2 rings (SSSR count). The van der Waals surface area contributed by atoms with Gasteiger partial charge in [-0.15, -0.1) is 0 Å². The molecule has 1 aromatic heterocycles. The van der Waals surface area contributed by atoms with Gasteiger partial charge in [0, 0.05) is 25.0 Å². The quantitative estimate of drug-likeness (QED) is 0.554. The van der Waals surface area contributed by atoms with Gasteiger partial charge in [0.1, 0.15) is 0 Å². The molecule has 1 fully saturated rings. The van der Waals surface area contributed by atoms with Gasteiger partial charge >= 0.3 is 0 Å². The van der Waals surface area contributed by atoms with Crippen molar-refractivity contribution < 1.29 is 0 Å². The van der Waals surface area contributed by atoms with Crippen molar-refractivity contribution in [3.8, 4) is 0 Å². The van der Waals surface area contributed by atoms with Crippen molar-refractivity contribution in [3.63, 3.8) is 0 Å². The first kappa shape index (κ1) is 4.94. The zero-order valence-corrected chi connectivity index (χ0v) is 5.04. The minimum atomic E-state index is 0.619. The molecule has 1 aromatic rings. The molecule has 1 aliphatic heterocycles. The molecule has 2 heteroatoms. The SMILES string of the molecule is c1cc(C2CN2)ccn1. The molecule has 1 N–H and O–H groups in total. The van der Waals surface area contributed by atoms with Crippen LogP contribution in [0, 0.1) is 0 Å². The number of nitrogens with one attached hydrogen (secondary N) is 1. The van der Waals surface area contributed by atoms with Crippen LogP contribution >= 0.6 is 0 Å². The Morgan fingerprint density at radius 3 is 2.67 bits per heavy atom. The van der Waals surface area contributed by atoms with Crippen LogP contribution in [0.4, 0.5) is 0 Å². The molecule has 2 nitrogen and oxygen atoms in total.